The van der Waals surface area contributed by atoms with Crippen molar-refractivity contribution in [1.82, 2.24) is 30.1 Å². The number of H-pyrrole nitrogens is 2. The molecular weight excluding hydrogens is 392 g/mol. The Morgan fingerprint density at radius 1 is 1.00 bits per heavy atom. The Morgan fingerprint density at radius 2 is 1.97 bits per heavy atom. The van der Waals surface area contributed by atoms with Crippen molar-refractivity contribution in [2.24, 2.45) is 0 Å². The Bertz CT molecular complexity index is 1510. The summed E-state index contributed by atoms with van der Waals surface area (Å²) in [5, 5.41) is 10.8. The van der Waals surface area contributed by atoms with E-state index in [1.807, 2.05) is 30.6 Å². The van der Waals surface area contributed by atoms with Gasteiger partial charge >= 0.3 is 0 Å². The van der Waals surface area contributed by atoms with Gasteiger partial charge in [0.05, 0.1) is 16.9 Å². The van der Waals surface area contributed by atoms with Crippen LogP contribution in [0.4, 0.5) is 0 Å². The molecule has 6 nitrogen and oxygen atoms in total. The molecule has 0 saturated carbocycles. The van der Waals surface area contributed by atoms with Gasteiger partial charge in [-0.05, 0) is 54.3 Å². The molecule has 0 aliphatic rings. The molecule has 6 heterocycles. The molecule has 0 aromatic carbocycles. The predicted molar refractivity (Wildman–Crippen MR) is 120 cm³/mol. The molecule has 0 atom stereocenters. The first-order chi connectivity index (χ1) is 14.8. The van der Waals surface area contributed by atoms with Gasteiger partial charge < -0.3 is 4.98 Å². The van der Waals surface area contributed by atoms with E-state index in [1.165, 1.54) is 4.88 Å². The van der Waals surface area contributed by atoms with Gasteiger partial charge in [-0.25, -0.2) is 9.97 Å². The second-order valence-electron chi connectivity index (χ2n) is 7.14. The highest BCUT2D eigenvalue weighted by Gasteiger charge is 2.16. The van der Waals surface area contributed by atoms with Gasteiger partial charge in [-0.1, -0.05) is 6.07 Å². The fraction of sp³-hybridized carbons (Fsp3) is 0.0435. The zero-order valence-corrected chi connectivity index (χ0v) is 16.9. The summed E-state index contributed by atoms with van der Waals surface area (Å²) in [5.41, 5.74) is 8.42. The third-order valence-corrected chi connectivity index (χ3v) is 6.20. The second-order valence-corrected chi connectivity index (χ2v) is 8.08. The van der Waals surface area contributed by atoms with Crippen molar-refractivity contribution < 1.29 is 0 Å². The summed E-state index contributed by atoms with van der Waals surface area (Å²) >= 11 is 1.72. The molecule has 0 unspecified atom stereocenters. The van der Waals surface area contributed by atoms with Gasteiger partial charge in [-0.2, -0.15) is 5.10 Å². The molecule has 0 aliphatic heterocycles. The molecule has 0 aliphatic carbocycles. The lowest BCUT2D eigenvalue weighted by molar-refractivity contribution is 1.12. The molecule has 0 bridgehead atoms. The van der Waals surface area contributed by atoms with Crippen LogP contribution in [-0.4, -0.2) is 30.1 Å². The van der Waals surface area contributed by atoms with Gasteiger partial charge in [0.2, 0.25) is 0 Å². The van der Waals surface area contributed by atoms with E-state index in [-0.39, 0.29) is 0 Å². The minimum absolute atomic E-state index is 0.781. The summed E-state index contributed by atoms with van der Waals surface area (Å²) in [5.74, 6) is 0. The van der Waals surface area contributed by atoms with E-state index in [0.29, 0.717) is 0 Å². The molecule has 0 spiro atoms. The summed E-state index contributed by atoms with van der Waals surface area (Å²) in [7, 11) is 0. The van der Waals surface area contributed by atoms with Crippen molar-refractivity contribution in [1.29, 1.82) is 0 Å². The number of nitrogens with zero attached hydrogens (tertiary/aromatic N) is 4. The van der Waals surface area contributed by atoms with Crippen LogP contribution in [0.1, 0.15) is 5.56 Å². The number of thiophene rings is 1. The van der Waals surface area contributed by atoms with E-state index in [1.54, 1.807) is 17.5 Å². The van der Waals surface area contributed by atoms with Crippen molar-refractivity contribution in [2.75, 3.05) is 0 Å². The van der Waals surface area contributed by atoms with E-state index in [4.69, 9.17) is 4.98 Å². The molecule has 144 valence electrons. The third-order valence-electron chi connectivity index (χ3n) is 5.30. The summed E-state index contributed by atoms with van der Waals surface area (Å²) in [6, 6.07) is 14.3. The minimum atomic E-state index is 0.781. The van der Waals surface area contributed by atoms with Crippen LogP contribution in [0.3, 0.4) is 0 Å². The highest BCUT2D eigenvalue weighted by atomic mass is 32.1. The fourth-order valence-corrected chi connectivity index (χ4v) is 4.54. The lowest BCUT2D eigenvalue weighted by atomic mass is 10.1. The minimum Gasteiger partial charge on any atom is -0.338 e. The van der Waals surface area contributed by atoms with Gasteiger partial charge in [0.15, 0.2) is 0 Å². The zero-order chi connectivity index (χ0) is 20.1. The van der Waals surface area contributed by atoms with E-state index >= 15 is 0 Å². The monoisotopic (exact) mass is 408 g/mol. The maximum Gasteiger partial charge on any atom is 0.138 e. The average Bonchev–Trinajstić information content (AvgIpc) is 3.51. The maximum atomic E-state index is 4.91. The number of aromatic nitrogens is 6. The van der Waals surface area contributed by atoms with Gasteiger partial charge in [0.25, 0.3) is 0 Å². The number of rotatable bonds is 3. The smallest absolute Gasteiger partial charge is 0.138 e. The Hall–Kier alpha value is -3.84. The van der Waals surface area contributed by atoms with Gasteiger partial charge in [-0.15, -0.1) is 11.3 Å². The van der Waals surface area contributed by atoms with Crippen molar-refractivity contribution in [3.63, 3.8) is 0 Å². The van der Waals surface area contributed by atoms with Crippen molar-refractivity contribution in [3.05, 3.63) is 72.0 Å². The van der Waals surface area contributed by atoms with Crippen molar-refractivity contribution in [2.45, 2.75) is 6.92 Å². The van der Waals surface area contributed by atoms with Gasteiger partial charge in [-0.3, -0.25) is 10.1 Å². The molecule has 0 radical (unpaired) electrons. The first-order valence-corrected chi connectivity index (χ1v) is 10.4. The van der Waals surface area contributed by atoms with E-state index in [0.717, 1.165) is 55.8 Å². The van der Waals surface area contributed by atoms with E-state index < -0.39 is 0 Å². The summed E-state index contributed by atoms with van der Waals surface area (Å²) in [6.07, 6.45) is 5.48. The number of aryl methyl sites for hydroxylation is 1. The van der Waals surface area contributed by atoms with Gasteiger partial charge in [0.1, 0.15) is 16.9 Å². The molecular formula is C23H16N6S. The summed E-state index contributed by atoms with van der Waals surface area (Å²) in [4.78, 5) is 18.3. The SMILES string of the molecule is Cc1ccncc1-c1ccc2[nH]nc(-c3cc4c(-c5cccs5)ccnc4[nH]3)c2n1. The Labute approximate surface area is 175 Å². The first-order valence-electron chi connectivity index (χ1n) is 9.56. The predicted octanol–water partition coefficient (Wildman–Crippen LogP) is 5.60. The number of pyridine rings is 3. The standard InChI is InChI=1S/C23H16N6S/c1-13-6-8-24-12-16(13)17-4-5-18-21(26-17)22(29-28-18)19-11-15-14(20-3-2-10-30-20)7-9-25-23(15)27-19/h2-12H,1H3,(H,25,27)(H,28,29). The Balaban J connectivity index is 1.53. The van der Waals surface area contributed by atoms with Crippen LogP contribution < -0.4 is 0 Å². The molecule has 6 rings (SSSR count). The molecule has 6 aromatic rings. The Morgan fingerprint density at radius 3 is 2.83 bits per heavy atom. The highest BCUT2D eigenvalue weighted by molar-refractivity contribution is 7.13. The van der Waals surface area contributed by atoms with E-state index in [2.05, 4.69) is 61.7 Å². The van der Waals surface area contributed by atoms with Crippen molar-refractivity contribution >= 4 is 33.4 Å². The van der Waals surface area contributed by atoms with Crippen LogP contribution in [0, 0.1) is 6.92 Å². The average molecular weight is 408 g/mol. The lowest BCUT2D eigenvalue weighted by Crippen LogP contribution is -1.89. The number of nitrogens with one attached hydrogen (secondary N) is 2. The first kappa shape index (κ1) is 17.1. The quantitative estimate of drug-likeness (QED) is 0.399. The lowest BCUT2D eigenvalue weighted by Gasteiger charge is -2.04. The van der Waals surface area contributed by atoms with Crippen LogP contribution in [-0.2, 0) is 0 Å². The topological polar surface area (TPSA) is 83.1 Å². The molecule has 7 heteroatoms. The number of hydrogen-bond donors (Lipinski definition) is 2. The largest absolute Gasteiger partial charge is 0.338 e. The molecule has 2 N–H and O–H groups in total. The normalized spacial score (nSPS) is 11.5. The van der Waals surface area contributed by atoms with Gasteiger partial charge in [0, 0.05) is 40.0 Å². The van der Waals surface area contributed by atoms with Crippen LogP contribution in [0.15, 0.2) is 66.4 Å². The molecule has 0 fully saturated rings. The van der Waals surface area contributed by atoms with E-state index in [9.17, 15) is 0 Å². The number of aromatic amines is 2. The Kier molecular flexibility index (Phi) is 3.75. The zero-order valence-electron chi connectivity index (χ0n) is 16.0. The molecule has 0 saturated heterocycles. The number of fused-ring (bicyclic) bond motifs is 2. The van der Waals surface area contributed by atoms with Crippen LogP contribution >= 0.6 is 11.3 Å². The van der Waals surface area contributed by atoms with Crippen LogP contribution in [0.2, 0.25) is 0 Å². The third kappa shape index (κ3) is 2.63. The summed E-state index contributed by atoms with van der Waals surface area (Å²) < 4.78 is 0. The molecule has 0 amide bonds. The fourth-order valence-electron chi connectivity index (χ4n) is 3.77. The number of hydrogen-bond acceptors (Lipinski definition) is 5. The maximum absolute atomic E-state index is 4.91. The molecule has 30 heavy (non-hydrogen) atoms. The molecule has 6 aromatic heterocycles. The van der Waals surface area contributed by atoms with Crippen molar-refractivity contribution in [3.8, 4) is 33.1 Å². The second kappa shape index (κ2) is 6.60. The highest BCUT2D eigenvalue weighted by Crippen LogP contribution is 2.35. The van der Waals surface area contributed by atoms with Crippen LogP contribution in [0.25, 0.3) is 55.2 Å². The van der Waals surface area contributed by atoms with Crippen LogP contribution in [0.5, 0.6) is 0 Å². The summed E-state index contributed by atoms with van der Waals surface area (Å²) in [6.45, 7) is 2.06.